The highest BCUT2D eigenvalue weighted by Crippen LogP contribution is 2.26. The summed E-state index contributed by atoms with van der Waals surface area (Å²) < 4.78 is 1.60. The number of rotatable bonds is 3. The number of hydrogen-bond donors (Lipinski definition) is 0. The summed E-state index contributed by atoms with van der Waals surface area (Å²) in [5, 5.41) is 10.2. The number of carbonyl (C=O) groups is 1. The number of hydrogen-bond acceptors (Lipinski definition) is 3. The van der Waals surface area contributed by atoms with Crippen LogP contribution >= 0.6 is 0 Å². The minimum absolute atomic E-state index is 0.196. The van der Waals surface area contributed by atoms with Crippen LogP contribution < -0.4 is 4.90 Å². The minimum atomic E-state index is -0.196. The van der Waals surface area contributed by atoms with Gasteiger partial charge < -0.3 is 4.90 Å². The van der Waals surface area contributed by atoms with Crippen LogP contribution in [0.15, 0.2) is 79.0 Å². The third-order valence-corrected chi connectivity index (χ3v) is 4.17. The number of aromatic nitrogens is 3. The van der Waals surface area contributed by atoms with E-state index in [1.807, 2.05) is 72.8 Å². The molecule has 0 bridgehead atoms. The summed E-state index contributed by atoms with van der Waals surface area (Å²) >= 11 is 0. The van der Waals surface area contributed by atoms with Gasteiger partial charge in [0.25, 0.3) is 5.91 Å². The maximum atomic E-state index is 12.8. The number of anilines is 1. The van der Waals surface area contributed by atoms with Gasteiger partial charge in [-0.3, -0.25) is 4.79 Å². The maximum Gasteiger partial charge on any atom is 0.280 e. The first-order chi connectivity index (χ1) is 12.2. The van der Waals surface area contributed by atoms with Gasteiger partial charge in [-0.2, -0.15) is 0 Å². The van der Waals surface area contributed by atoms with E-state index in [9.17, 15) is 4.79 Å². The summed E-state index contributed by atoms with van der Waals surface area (Å²) in [6.07, 6.45) is 1.65. The normalized spacial score (nSPS) is 10.8. The van der Waals surface area contributed by atoms with Gasteiger partial charge in [0.05, 0.1) is 17.6 Å². The molecule has 122 valence electrons. The molecule has 1 aromatic heterocycles. The number of nitrogens with zero attached hydrogens (tertiary/aromatic N) is 4. The predicted octanol–water partition coefficient (Wildman–Crippen LogP) is 3.70. The third kappa shape index (κ3) is 2.76. The molecule has 5 heteroatoms. The van der Waals surface area contributed by atoms with Gasteiger partial charge in [-0.05, 0) is 23.6 Å². The molecule has 0 aliphatic heterocycles. The van der Waals surface area contributed by atoms with Gasteiger partial charge in [-0.1, -0.05) is 59.8 Å². The van der Waals surface area contributed by atoms with Gasteiger partial charge in [0.2, 0.25) is 0 Å². The second-order valence-corrected chi connectivity index (χ2v) is 5.75. The smallest absolute Gasteiger partial charge is 0.280 e. The fraction of sp³-hybridized carbons (Fsp3) is 0.0500. The summed E-state index contributed by atoms with van der Waals surface area (Å²) in [7, 11) is 1.76. The molecule has 0 saturated carbocycles. The van der Waals surface area contributed by atoms with Gasteiger partial charge in [-0.25, -0.2) is 4.68 Å². The molecular formula is C20H16N4O. The Labute approximate surface area is 145 Å². The standard InChI is InChI=1S/C20H16N4O/c1-23(19-13-7-9-15-8-5-6-12-17(15)19)20(25)18-14-24(22-21-18)16-10-3-2-4-11-16/h2-14H,1H3. The van der Waals surface area contributed by atoms with Crippen molar-refractivity contribution in [2.45, 2.75) is 0 Å². The third-order valence-electron chi connectivity index (χ3n) is 4.17. The molecule has 0 unspecified atom stereocenters. The molecule has 0 spiro atoms. The Morgan fingerprint density at radius 1 is 0.920 bits per heavy atom. The van der Waals surface area contributed by atoms with Crippen molar-refractivity contribution < 1.29 is 4.79 Å². The van der Waals surface area contributed by atoms with Gasteiger partial charge in [0.15, 0.2) is 5.69 Å². The summed E-state index contributed by atoms with van der Waals surface area (Å²) in [5.74, 6) is -0.196. The van der Waals surface area contributed by atoms with Gasteiger partial charge in [0.1, 0.15) is 0 Å². The van der Waals surface area contributed by atoms with Gasteiger partial charge in [0, 0.05) is 12.4 Å². The summed E-state index contributed by atoms with van der Waals surface area (Å²) in [5.41, 5.74) is 2.01. The van der Waals surface area contributed by atoms with Gasteiger partial charge in [-0.15, -0.1) is 5.10 Å². The molecule has 0 radical (unpaired) electrons. The molecule has 0 atom stereocenters. The zero-order valence-corrected chi connectivity index (χ0v) is 13.7. The summed E-state index contributed by atoms with van der Waals surface area (Å²) in [6.45, 7) is 0. The molecule has 3 aromatic carbocycles. The van der Waals surface area contributed by atoms with Crippen molar-refractivity contribution in [1.29, 1.82) is 0 Å². The Bertz CT molecular complexity index is 1030. The van der Waals surface area contributed by atoms with E-state index in [1.165, 1.54) is 0 Å². The molecule has 0 saturated heterocycles. The number of carbonyl (C=O) groups excluding carboxylic acids is 1. The van der Waals surface area contributed by atoms with E-state index in [0.717, 1.165) is 22.1 Å². The molecule has 4 rings (SSSR count). The lowest BCUT2D eigenvalue weighted by molar-refractivity contribution is 0.0988. The van der Waals surface area contributed by atoms with E-state index in [0.29, 0.717) is 5.69 Å². The zero-order valence-electron chi connectivity index (χ0n) is 13.7. The molecule has 4 aromatic rings. The van der Waals surface area contributed by atoms with Crippen molar-refractivity contribution in [2.75, 3.05) is 11.9 Å². The molecule has 1 heterocycles. The van der Waals surface area contributed by atoms with E-state index in [4.69, 9.17) is 0 Å². The van der Waals surface area contributed by atoms with Crippen LogP contribution in [0.1, 0.15) is 10.5 Å². The van der Waals surface area contributed by atoms with Crippen LogP contribution in [0, 0.1) is 0 Å². The van der Waals surface area contributed by atoms with Crippen molar-refractivity contribution in [2.24, 2.45) is 0 Å². The Hall–Kier alpha value is -3.47. The van der Waals surface area contributed by atoms with E-state index in [2.05, 4.69) is 10.3 Å². The molecule has 0 fully saturated rings. The van der Waals surface area contributed by atoms with Gasteiger partial charge >= 0.3 is 0 Å². The highest BCUT2D eigenvalue weighted by Gasteiger charge is 2.19. The number of amides is 1. The van der Waals surface area contributed by atoms with Crippen molar-refractivity contribution in [3.63, 3.8) is 0 Å². The SMILES string of the molecule is CN(C(=O)c1cn(-c2ccccc2)nn1)c1cccc2ccccc12. The first kappa shape index (κ1) is 15.1. The minimum Gasteiger partial charge on any atom is -0.309 e. The van der Waals surface area contributed by atoms with Crippen LogP contribution in [0.2, 0.25) is 0 Å². The Morgan fingerprint density at radius 3 is 2.48 bits per heavy atom. The van der Waals surface area contributed by atoms with E-state index >= 15 is 0 Å². The highest BCUT2D eigenvalue weighted by molar-refractivity contribution is 6.09. The second-order valence-electron chi connectivity index (χ2n) is 5.75. The molecule has 0 aliphatic carbocycles. The molecule has 0 N–H and O–H groups in total. The van der Waals surface area contributed by atoms with Crippen LogP contribution in [0.5, 0.6) is 0 Å². The maximum absolute atomic E-state index is 12.8. The van der Waals surface area contributed by atoms with Crippen molar-refractivity contribution in [1.82, 2.24) is 15.0 Å². The van der Waals surface area contributed by atoms with Crippen LogP contribution in [0.4, 0.5) is 5.69 Å². The summed E-state index contributed by atoms with van der Waals surface area (Å²) in [4.78, 5) is 14.5. The first-order valence-electron chi connectivity index (χ1n) is 7.97. The number of benzene rings is 3. The quantitative estimate of drug-likeness (QED) is 0.576. The molecular weight excluding hydrogens is 312 g/mol. The Morgan fingerprint density at radius 2 is 1.64 bits per heavy atom. The van der Waals surface area contributed by atoms with Crippen molar-refractivity contribution >= 4 is 22.4 Å². The monoisotopic (exact) mass is 328 g/mol. The lowest BCUT2D eigenvalue weighted by Gasteiger charge is -2.18. The Balaban J connectivity index is 1.68. The number of fused-ring (bicyclic) bond motifs is 1. The van der Waals surface area contributed by atoms with E-state index in [-0.39, 0.29) is 5.91 Å². The molecule has 25 heavy (non-hydrogen) atoms. The first-order valence-corrected chi connectivity index (χ1v) is 7.97. The van der Waals surface area contributed by atoms with Crippen LogP contribution in [-0.2, 0) is 0 Å². The molecule has 5 nitrogen and oxygen atoms in total. The zero-order chi connectivity index (χ0) is 17.2. The highest BCUT2D eigenvalue weighted by atomic mass is 16.2. The fourth-order valence-corrected chi connectivity index (χ4v) is 2.85. The van der Waals surface area contributed by atoms with Crippen LogP contribution in [0.3, 0.4) is 0 Å². The van der Waals surface area contributed by atoms with E-state index < -0.39 is 0 Å². The van der Waals surface area contributed by atoms with Crippen LogP contribution in [0.25, 0.3) is 16.5 Å². The lowest BCUT2D eigenvalue weighted by Crippen LogP contribution is -2.26. The second kappa shape index (κ2) is 6.20. The lowest BCUT2D eigenvalue weighted by atomic mass is 10.1. The topological polar surface area (TPSA) is 51.0 Å². The number of para-hydroxylation sites is 1. The van der Waals surface area contributed by atoms with E-state index in [1.54, 1.807) is 22.8 Å². The predicted molar refractivity (Wildman–Crippen MR) is 98.0 cm³/mol. The van der Waals surface area contributed by atoms with Crippen molar-refractivity contribution in [3.8, 4) is 5.69 Å². The molecule has 1 amide bonds. The average Bonchev–Trinajstić information content (AvgIpc) is 3.17. The van der Waals surface area contributed by atoms with Crippen LogP contribution in [-0.4, -0.2) is 27.9 Å². The summed E-state index contributed by atoms with van der Waals surface area (Å²) in [6, 6.07) is 23.5. The Kier molecular flexibility index (Phi) is 3.74. The van der Waals surface area contributed by atoms with Crippen molar-refractivity contribution in [3.05, 3.63) is 84.7 Å². The average molecular weight is 328 g/mol. The largest absolute Gasteiger partial charge is 0.309 e. The molecule has 0 aliphatic rings. The fourth-order valence-electron chi connectivity index (χ4n) is 2.85.